The summed E-state index contributed by atoms with van der Waals surface area (Å²) in [5.41, 5.74) is 8.30. The predicted molar refractivity (Wildman–Crippen MR) is 81.8 cm³/mol. The summed E-state index contributed by atoms with van der Waals surface area (Å²) in [4.78, 5) is 57.8. The van der Waals surface area contributed by atoms with Crippen LogP contribution in [-0.2, 0) is 16.0 Å². The number of ether oxygens (including phenoxy) is 1. The number of nitrogen functional groups attached to an aromatic ring is 2. The number of hydrogen-bond acceptors (Lipinski definition) is 10. The standard InChI is InChI=1S/C8H11N5O2.C3H3N3O3/c1-2-6(14)15-4-3-5-11-7(9)13-8(10)12-5;7-1-4-2(8)6-3(9)5-1/h2H,1,3-4H2,(H4,9,10,11,12,13);(H3,4,5,6,7,8,9). The van der Waals surface area contributed by atoms with Crippen LogP contribution in [0.5, 0.6) is 0 Å². The smallest absolute Gasteiger partial charge is 0.330 e. The van der Waals surface area contributed by atoms with Gasteiger partial charge in [0.05, 0.1) is 6.61 Å². The Morgan fingerprint density at radius 3 is 1.88 bits per heavy atom. The molecule has 0 aromatic carbocycles. The molecule has 2 aromatic heterocycles. The van der Waals surface area contributed by atoms with Crippen LogP contribution in [-0.4, -0.2) is 42.5 Å². The number of aromatic nitrogens is 6. The first-order chi connectivity index (χ1) is 11.3. The zero-order chi connectivity index (χ0) is 18.1. The van der Waals surface area contributed by atoms with Crippen molar-refractivity contribution in [1.29, 1.82) is 0 Å². The first kappa shape index (κ1) is 18.3. The van der Waals surface area contributed by atoms with Crippen LogP contribution < -0.4 is 28.5 Å². The molecule has 0 saturated carbocycles. The topological polar surface area (TPSA) is 216 Å². The number of hydrogen-bond donors (Lipinski definition) is 5. The fraction of sp³-hybridized carbons (Fsp3) is 0.182. The minimum Gasteiger partial charge on any atom is -0.462 e. The van der Waals surface area contributed by atoms with Gasteiger partial charge in [-0.2, -0.15) is 15.0 Å². The minimum atomic E-state index is -0.802. The Labute approximate surface area is 132 Å². The van der Waals surface area contributed by atoms with E-state index in [4.69, 9.17) is 16.2 Å². The van der Waals surface area contributed by atoms with Gasteiger partial charge in [-0.1, -0.05) is 6.58 Å². The van der Waals surface area contributed by atoms with Crippen molar-refractivity contribution in [1.82, 2.24) is 29.9 Å². The lowest BCUT2D eigenvalue weighted by atomic mass is 10.4. The molecule has 0 aliphatic rings. The van der Waals surface area contributed by atoms with Gasteiger partial charge in [-0.3, -0.25) is 15.0 Å². The first-order valence-electron chi connectivity index (χ1n) is 6.28. The number of nitrogens with one attached hydrogen (secondary N) is 3. The molecule has 0 bridgehead atoms. The number of nitrogens with two attached hydrogens (primary N) is 2. The number of carbonyl (C=O) groups excluding carboxylic acids is 1. The maximum Gasteiger partial charge on any atom is 0.330 e. The second-order valence-corrected chi connectivity index (χ2v) is 3.95. The molecule has 2 aromatic rings. The Hall–Kier alpha value is -3.77. The summed E-state index contributed by atoms with van der Waals surface area (Å²) in [5, 5.41) is 0. The Morgan fingerprint density at radius 2 is 1.46 bits per heavy atom. The van der Waals surface area contributed by atoms with Crippen LogP contribution in [0.2, 0.25) is 0 Å². The first-order valence-corrected chi connectivity index (χ1v) is 6.28. The molecule has 2 rings (SSSR count). The molecule has 13 nitrogen and oxygen atoms in total. The molecule has 0 unspecified atom stereocenters. The second-order valence-electron chi connectivity index (χ2n) is 3.95. The van der Waals surface area contributed by atoms with E-state index in [1.54, 1.807) is 15.0 Å². The lowest BCUT2D eigenvalue weighted by Crippen LogP contribution is -2.34. The van der Waals surface area contributed by atoms with E-state index in [1.807, 2.05) is 0 Å². The van der Waals surface area contributed by atoms with Gasteiger partial charge >= 0.3 is 23.0 Å². The SMILES string of the molecule is C=CC(=O)OCCc1nc(N)nc(N)n1.O=c1[nH]c(=O)[nH]c(=O)[nH]1. The molecular weight excluding hydrogens is 324 g/mol. The van der Waals surface area contributed by atoms with Crippen molar-refractivity contribution in [3.63, 3.8) is 0 Å². The van der Waals surface area contributed by atoms with Gasteiger partial charge in [0.15, 0.2) is 0 Å². The highest BCUT2D eigenvalue weighted by molar-refractivity contribution is 5.81. The number of anilines is 2. The van der Waals surface area contributed by atoms with E-state index in [-0.39, 0.29) is 18.5 Å². The summed E-state index contributed by atoms with van der Waals surface area (Å²) in [6.45, 7) is 3.41. The molecule has 2 heterocycles. The molecule has 0 atom stereocenters. The van der Waals surface area contributed by atoms with Crippen molar-refractivity contribution < 1.29 is 9.53 Å². The second kappa shape index (κ2) is 8.62. The average molecular weight is 338 g/mol. The molecule has 24 heavy (non-hydrogen) atoms. The number of H-pyrrole nitrogens is 3. The fourth-order valence-electron chi connectivity index (χ4n) is 1.27. The normalized spacial score (nSPS) is 9.50. The molecule has 0 amide bonds. The number of nitrogens with zero attached hydrogens (tertiary/aromatic N) is 3. The third-order valence-electron chi connectivity index (χ3n) is 2.13. The fourth-order valence-corrected chi connectivity index (χ4v) is 1.27. The van der Waals surface area contributed by atoms with Gasteiger partial charge in [0.25, 0.3) is 0 Å². The minimum absolute atomic E-state index is 0.0487. The summed E-state index contributed by atoms with van der Waals surface area (Å²) in [7, 11) is 0. The van der Waals surface area contributed by atoms with E-state index >= 15 is 0 Å². The summed E-state index contributed by atoms with van der Waals surface area (Å²) in [6, 6.07) is 0. The average Bonchev–Trinajstić information content (AvgIpc) is 2.45. The van der Waals surface area contributed by atoms with Gasteiger partial charge in [-0.15, -0.1) is 0 Å². The van der Waals surface area contributed by atoms with Gasteiger partial charge < -0.3 is 16.2 Å². The van der Waals surface area contributed by atoms with Crippen molar-refractivity contribution in [2.45, 2.75) is 6.42 Å². The molecule has 0 aliphatic carbocycles. The third-order valence-corrected chi connectivity index (χ3v) is 2.13. The van der Waals surface area contributed by atoms with Crippen LogP contribution in [0, 0.1) is 0 Å². The van der Waals surface area contributed by atoms with Crippen LogP contribution in [0.1, 0.15) is 5.82 Å². The van der Waals surface area contributed by atoms with E-state index in [1.165, 1.54) is 0 Å². The lowest BCUT2D eigenvalue weighted by Gasteiger charge is -2.02. The molecule has 128 valence electrons. The maximum absolute atomic E-state index is 10.7. The zero-order valence-corrected chi connectivity index (χ0v) is 12.2. The van der Waals surface area contributed by atoms with Crippen LogP contribution >= 0.6 is 0 Å². The Morgan fingerprint density at radius 1 is 1.00 bits per heavy atom. The zero-order valence-electron chi connectivity index (χ0n) is 12.2. The van der Waals surface area contributed by atoms with Crippen LogP contribution in [0.4, 0.5) is 11.9 Å². The Kier molecular flexibility index (Phi) is 6.56. The van der Waals surface area contributed by atoms with E-state index < -0.39 is 23.0 Å². The number of carbonyl (C=O) groups is 1. The van der Waals surface area contributed by atoms with Crippen molar-refractivity contribution in [3.8, 4) is 0 Å². The molecule has 7 N–H and O–H groups in total. The van der Waals surface area contributed by atoms with Crippen molar-refractivity contribution in [3.05, 3.63) is 49.9 Å². The number of esters is 1. The van der Waals surface area contributed by atoms with Gasteiger partial charge in [-0.25, -0.2) is 19.2 Å². The lowest BCUT2D eigenvalue weighted by molar-refractivity contribution is -0.137. The number of aromatic amines is 3. The summed E-state index contributed by atoms with van der Waals surface area (Å²) < 4.78 is 4.74. The molecule has 0 radical (unpaired) electrons. The Bertz CT molecular complexity index is 784. The highest BCUT2D eigenvalue weighted by atomic mass is 16.5. The highest BCUT2D eigenvalue weighted by Crippen LogP contribution is 1.99. The Balaban J connectivity index is 0.000000272. The largest absolute Gasteiger partial charge is 0.462 e. The quantitative estimate of drug-likeness (QED) is 0.282. The molecule has 0 fully saturated rings. The highest BCUT2D eigenvalue weighted by Gasteiger charge is 2.03. The monoisotopic (exact) mass is 338 g/mol. The summed E-state index contributed by atoms with van der Waals surface area (Å²) in [5.74, 6) is -0.0121. The number of rotatable bonds is 4. The predicted octanol–water partition coefficient (Wildman–Crippen LogP) is -2.94. The van der Waals surface area contributed by atoms with E-state index in [0.717, 1.165) is 6.08 Å². The van der Waals surface area contributed by atoms with Crippen LogP contribution in [0.3, 0.4) is 0 Å². The van der Waals surface area contributed by atoms with Crippen molar-refractivity contribution in [2.75, 3.05) is 18.1 Å². The van der Waals surface area contributed by atoms with Crippen molar-refractivity contribution >= 4 is 17.9 Å². The maximum atomic E-state index is 10.7. The molecule has 0 saturated heterocycles. The summed E-state index contributed by atoms with van der Waals surface area (Å²) in [6.07, 6.45) is 1.41. The third kappa shape index (κ3) is 6.79. The molecular formula is C11H14N8O5. The van der Waals surface area contributed by atoms with Crippen LogP contribution in [0.15, 0.2) is 27.0 Å². The van der Waals surface area contributed by atoms with Gasteiger partial charge in [0.1, 0.15) is 5.82 Å². The summed E-state index contributed by atoms with van der Waals surface area (Å²) >= 11 is 0. The van der Waals surface area contributed by atoms with E-state index in [0.29, 0.717) is 12.2 Å². The molecule has 13 heteroatoms. The molecule has 0 aliphatic heterocycles. The van der Waals surface area contributed by atoms with Crippen LogP contribution in [0.25, 0.3) is 0 Å². The van der Waals surface area contributed by atoms with Gasteiger partial charge in [-0.05, 0) is 0 Å². The molecule has 0 spiro atoms. The van der Waals surface area contributed by atoms with Crippen molar-refractivity contribution in [2.24, 2.45) is 0 Å². The van der Waals surface area contributed by atoms with Gasteiger partial charge in [0.2, 0.25) is 11.9 Å². The van der Waals surface area contributed by atoms with E-state index in [9.17, 15) is 19.2 Å². The van der Waals surface area contributed by atoms with E-state index in [2.05, 4.69) is 21.5 Å². The van der Waals surface area contributed by atoms with Gasteiger partial charge in [0, 0.05) is 12.5 Å².